The quantitative estimate of drug-likeness (QED) is 0.0312. The molecular weight excluding hydrogens is 695 g/mol. The molecule has 0 aliphatic carbocycles. The summed E-state index contributed by atoms with van der Waals surface area (Å²) in [7, 11) is 0. The van der Waals surface area contributed by atoms with Crippen LogP contribution in [0.25, 0.3) is 0 Å². The van der Waals surface area contributed by atoms with E-state index in [1.807, 2.05) is 0 Å². The van der Waals surface area contributed by atoms with Gasteiger partial charge < -0.3 is 25.7 Å². The summed E-state index contributed by atoms with van der Waals surface area (Å²) in [6.07, 6.45) is 54.5. The zero-order chi connectivity index (χ0) is 41.0. The van der Waals surface area contributed by atoms with Crippen LogP contribution in [0.2, 0.25) is 0 Å². The number of aliphatic hydroxyl groups is 4. The molecule has 0 rings (SSSR count). The lowest BCUT2D eigenvalue weighted by molar-refractivity contribution is -0.132. The van der Waals surface area contributed by atoms with Crippen molar-refractivity contribution in [1.82, 2.24) is 5.32 Å². The molecule has 0 aliphatic heterocycles. The summed E-state index contributed by atoms with van der Waals surface area (Å²) in [5, 5.41) is 43.6. The molecule has 56 heavy (non-hydrogen) atoms. The van der Waals surface area contributed by atoms with Crippen LogP contribution in [-0.2, 0) is 4.79 Å². The molecule has 0 bridgehead atoms. The van der Waals surface area contributed by atoms with E-state index >= 15 is 0 Å². The van der Waals surface area contributed by atoms with E-state index in [0.717, 1.165) is 51.4 Å². The van der Waals surface area contributed by atoms with Gasteiger partial charge in [-0.25, -0.2) is 0 Å². The first-order valence-corrected chi connectivity index (χ1v) is 24.0. The Labute approximate surface area is 347 Å². The van der Waals surface area contributed by atoms with Gasteiger partial charge in [-0.3, -0.25) is 4.79 Å². The fourth-order valence-electron chi connectivity index (χ4n) is 7.16. The highest BCUT2D eigenvalue weighted by molar-refractivity contribution is 5.80. The normalized spacial score (nSPS) is 14.5. The van der Waals surface area contributed by atoms with Crippen molar-refractivity contribution in [2.75, 3.05) is 6.61 Å². The molecule has 0 saturated heterocycles. The lowest BCUT2D eigenvalue weighted by atomic mass is 10.00. The molecule has 0 spiro atoms. The van der Waals surface area contributed by atoms with Crippen LogP contribution in [0.4, 0.5) is 0 Å². The van der Waals surface area contributed by atoms with E-state index in [1.165, 1.54) is 148 Å². The minimum absolute atomic E-state index is 0.357. The number of carbonyl (C=O) groups is 1. The summed E-state index contributed by atoms with van der Waals surface area (Å²) in [6.45, 7) is 4.00. The third-order valence-corrected chi connectivity index (χ3v) is 11.0. The van der Waals surface area contributed by atoms with Crippen LogP contribution in [0.3, 0.4) is 0 Å². The second-order valence-electron chi connectivity index (χ2n) is 16.4. The van der Waals surface area contributed by atoms with Crippen LogP contribution in [0.15, 0.2) is 48.6 Å². The van der Waals surface area contributed by atoms with Crippen LogP contribution in [0, 0.1) is 0 Å². The summed E-state index contributed by atoms with van der Waals surface area (Å²) in [4.78, 5) is 12.5. The fraction of sp³-hybridized carbons (Fsp3) is 0.820. The summed E-state index contributed by atoms with van der Waals surface area (Å²) in [5.74, 6) is -0.600. The second-order valence-corrected chi connectivity index (χ2v) is 16.4. The monoisotopic (exact) mass is 788 g/mol. The van der Waals surface area contributed by atoms with E-state index in [4.69, 9.17) is 0 Å². The lowest BCUT2D eigenvalue weighted by Gasteiger charge is -2.27. The van der Waals surface area contributed by atoms with Crippen molar-refractivity contribution in [1.29, 1.82) is 0 Å². The molecule has 6 nitrogen and oxygen atoms in total. The van der Waals surface area contributed by atoms with E-state index in [0.29, 0.717) is 19.3 Å². The molecule has 0 aromatic rings. The third-order valence-electron chi connectivity index (χ3n) is 11.0. The minimum atomic E-state index is -1.29. The number of rotatable bonds is 43. The molecule has 1 amide bonds. The van der Waals surface area contributed by atoms with E-state index in [2.05, 4.69) is 67.8 Å². The maximum absolute atomic E-state index is 12.5. The van der Waals surface area contributed by atoms with Gasteiger partial charge in [-0.15, -0.1) is 0 Å². The molecule has 0 aromatic heterocycles. The van der Waals surface area contributed by atoms with Crippen molar-refractivity contribution in [2.24, 2.45) is 0 Å². The molecule has 0 fully saturated rings. The van der Waals surface area contributed by atoms with Crippen molar-refractivity contribution in [3.8, 4) is 0 Å². The SMILES string of the molecule is CCCCC/C=C/CC/C=C/CCCC(O)C(O)C(CO)NC(=O)C(O)CCCCCCCCCCCCCC/C=C\C/C=C\CCCCCCCCCCC. The predicted molar refractivity (Wildman–Crippen MR) is 242 cm³/mol. The Morgan fingerprint density at radius 1 is 0.446 bits per heavy atom. The summed E-state index contributed by atoms with van der Waals surface area (Å²) in [6, 6.07) is -1.01. The van der Waals surface area contributed by atoms with Gasteiger partial charge in [-0.1, -0.05) is 197 Å². The molecule has 0 radical (unpaired) electrons. The van der Waals surface area contributed by atoms with Gasteiger partial charge in [0, 0.05) is 0 Å². The van der Waals surface area contributed by atoms with Crippen LogP contribution in [-0.4, -0.2) is 57.3 Å². The highest BCUT2D eigenvalue weighted by Crippen LogP contribution is 2.15. The molecule has 0 aromatic carbocycles. The van der Waals surface area contributed by atoms with Crippen LogP contribution in [0.5, 0.6) is 0 Å². The Hall–Kier alpha value is -1.73. The summed E-state index contributed by atoms with van der Waals surface area (Å²) in [5.41, 5.74) is 0. The molecule has 0 aliphatic rings. The number of carbonyl (C=O) groups excluding carboxylic acids is 1. The molecule has 328 valence electrons. The Bertz CT molecular complexity index is 930. The van der Waals surface area contributed by atoms with E-state index in [9.17, 15) is 25.2 Å². The van der Waals surface area contributed by atoms with Gasteiger partial charge >= 0.3 is 0 Å². The summed E-state index contributed by atoms with van der Waals surface area (Å²) >= 11 is 0. The van der Waals surface area contributed by atoms with Gasteiger partial charge in [0.25, 0.3) is 0 Å². The number of hydrogen-bond acceptors (Lipinski definition) is 5. The number of aliphatic hydroxyl groups excluding tert-OH is 4. The largest absolute Gasteiger partial charge is 0.394 e. The Kier molecular flexibility index (Phi) is 43.0. The highest BCUT2D eigenvalue weighted by Gasteiger charge is 2.28. The van der Waals surface area contributed by atoms with E-state index in [1.54, 1.807) is 0 Å². The third kappa shape index (κ3) is 37.8. The van der Waals surface area contributed by atoms with Gasteiger partial charge in [-0.05, 0) is 83.5 Å². The van der Waals surface area contributed by atoms with Gasteiger partial charge in [0.2, 0.25) is 5.91 Å². The minimum Gasteiger partial charge on any atom is -0.394 e. The van der Waals surface area contributed by atoms with Crippen LogP contribution in [0.1, 0.15) is 232 Å². The van der Waals surface area contributed by atoms with Crippen molar-refractivity contribution < 1.29 is 25.2 Å². The Morgan fingerprint density at radius 2 is 0.804 bits per heavy atom. The zero-order valence-electron chi connectivity index (χ0n) is 36.9. The van der Waals surface area contributed by atoms with Crippen molar-refractivity contribution in [2.45, 2.75) is 257 Å². The number of allylic oxidation sites excluding steroid dienone is 8. The standard InChI is InChI=1S/C50H93NO5/c1-3-5-7-9-11-13-15-17-18-19-20-21-22-23-24-25-26-27-28-29-30-31-32-34-36-38-40-42-44-48(54)50(56)51-46(45-52)49(55)47(53)43-41-39-37-35-33-16-14-12-10-8-6-4-2/h12,14,20-21,23-24,35,37,46-49,52-55H,3-11,13,15-19,22,25-34,36,38-45H2,1-2H3,(H,51,56)/b14-12+,21-20-,24-23-,37-35+. The first kappa shape index (κ1) is 54.3. The maximum Gasteiger partial charge on any atom is 0.249 e. The molecule has 0 saturated carbocycles. The highest BCUT2D eigenvalue weighted by atomic mass is 16.3. The number of amides is 1. The lowest BCUT2D eigenvalue weighted by Crippen LogP contribution is -2.53. The second kappa shape index (κ2) is 44.4. The molecule has 0 heterocycles. The van der Waals surface area contributed by atoms with Gasteiger partial charge in [0.05, 0.1) is 18.8 Å². The Balaban J connectivity index is 3.68. The average Bonchev–Trinajstić information content (AvgIpc) is 3.20. The molecule has 5 N–H and O–H groups in total. The van der Waals surface area contributed by atoms with E-state index in [-0.39, 0.29) is 0 Å². The molecule has 6 heteroatoms. The van der Waals surface area contributed by atoms with Gasteiger partial charge in [0.1, 0.15) is 12.2 Å². The van der Waals surface area contributed by atoms with Crippen molar-refractivity contribution >= 4 is 5.91 Å². The van der Waals surface area contributed by atoms with Gasteiger partial charge in [0.15, 0.2) is 0 Å². The van der Waals surface area contributed by atoms with E-state index < -0.39 is 36.9 Å². The number of nitrogens with one attached hydrogen (secondary N) is 1. The smallest absolute Gasteiger partial charge is 0.249 e. The van der Waals surface area contributed by atoms with Crippen molar-refractivity contribution in [3.63, 3.8) is 0 Å². The molecular formula is C50H93NO5. The number of unbranched alkanes of at least 4 members (excludes halogenated alkanes) is 26. The first-order chi connectivity index (χ1) is 27.5. The van der Waals surface area contributed by atoms with Crippen LogP contribution < -0.4 is 5.32 Å². The topological polar surface area (TPSA) is 110 Å². The first-order valence-electron chi connectivity index (χ1n) is 24.0. The fourth-order valence-corrected chi connectivity index (χ4v) is 7.16. The molecule has 4 atom stereocenters. The predicted octanol–water partition coefficient (Wildman–Crippen LogP) is 13.1. The molecule has 4 unspecified atom stereocenters. The maximum atomic E-state index is 12.5. The van der Waals surface area contributed by atoms with Gasteiger partial charge in [-0.2, -0.15) is 0 Å². The zero-order valence-corrected chi connectivity index (χ0v) is 36.9. The van der Waals surface area contributed by atoms with Crippen molar-refractivity contribution in [3.05, 3.63) is 48.6 Å². The van der Waals surface area contributed by atoms with Crippen LogP contribution >= 0.6 is 0 Å². The Morgan fingerprint density at radius 3 is 1.27 bits per heavy atom. The number of hydrogen-bond donors (Lipinski definition) is 5. The average molecular weight is 788 g/mol. The summed E-state index contributed by atoms with van der Waals surface area (Å²) < 4.78 is 0.